The van der Waals surface area contributed by atoms with Crippen LogP contribution in [-0.4, -0.2) is 66.3 Å². The maximum absolute atomic E-state index is 12.1. The highest BCUT2D eigenvalue weighted by atomic mass is 16.6. The minimum absolute atomic E-state index is 0.0398. The highest BCUT2D eigenvalue weighted by molar-refractivity contribution is 5.96. The van der Waals surface area contributed by atoms with Gasteiger partial charge in [0.25, 0.3) is 0 Å². The molecule has 0 radical (unpaired) electrons. The number of pyridine rings is 1. The SMILES string of the molecule is CC(C)(C)OC(=O)N1CCN(c2ccc(N3CC(N)CC3=O)cn2)CC1. The molecule has 2 fully saturated rings. The molecule has 142 valence electrons. The van der Waals surface area contributed by atoms with Crippen LogP contribution in [0.1, 0.15) is 27.2 Å². The molecule has 2 saturated heterocycles. The average molecular weight is 361 g/mol. The van der Waals surface area contributed by atoms with Crippen LogP contribution >= 0.6 is 0 Å². The number of anilines is 2. The fraction of sp³-hybridized carbons (Fsp3) is 0.611. The highest BCUT2D eigenvalue weighted by Gasteiger charge is 2.29. The molecule has 1 aromatic rings. The molecule has 2 aliphatic heterocycles. The number of nitrogens with zero attached hydrogens (tertiary/aromatic N) is 4. The molecule has 2 amide bonds. The summed E-state index contributed by atoms with van der Waals surface area (Å²) in [5.41, 5.74) is 6.13. The van der Waals surface area contributed by atoms with Crippen LogP contribution in [0, 0.1) is 0 Å². The van der Waals surface area contributed by atoms with E-state index in [0.29, 0.717) is 39.1 Å². The summed E-state index contributed by atoms with van der Waals surface area (Å²) >= 11 is 0. The van der Waals surface area contributed by atoms with Crippen molar-refractivity contribution in [1.82, 2.24) is 9.88 Å². The van der Waals surface area contributed by atoms with Crippen molar-refractivity contribution in [3.8, 4) is 0 Å². The molecule has 0 saturated carbocycles. The van der Waals surface area contributed by atoms with E-state index in [-0.39, 0.29) is 18.0 Å². The second-order valence-corrected chi connectivity index (χ2v) is 7.80. The van der Waals surface area contributed by atoms with Gasteiger partial charge in [-0.25, -0.2) is 9.78 Å². The quantitative estimate of drug-likeness (QED) is 0.851. The number of piperazine rings is 1. The van der Waals surface area contributed by atoms with Gasteiger partial charge >= 0.3 is 6.09 Å². The average Bonchev–Trinajstić information content (AvgIpc) is 2.92. The van der Waals surface area contributed by atoms with Crippen molar-refractivity contribution in [3.63, 3.8) is 0 Å². The van der Waals surface area contributed by atoms with E-state index < -0.39 is 5.60 Å². The van der Waals surface area contributed by atoms with E-state index in [2.05, 4.69) is 9.88 Å². The number of ether oxygens (including phenoxy) is 1. The summed E-state index contributed by atoms with van der Waals surface area (Å²) in [6.45, 7) is 8.71. The number of carbonyl (C=O) groups excluding carboxylic acids is 2. The van der Waals surface area contributed by atoms with Crippen LogP contribution in [-0.2, 0) is 9.53 Å². The maximum atomic E-state index is 12.1. The first-order chi connectivity index (χ1) is 12.2. The number of hydrogen-bond donors (Lipinski definition) is 1. The number of amides is 2. The molecule has 1 unspecified atom stereocenters. The Morgan fingerprint density at radius 2 is 1.92 bits per heavy atom. The molecule has 3 rings (SSSR count). The van der Waals surface area contributed by atoms with E-state index in [9.17, 15) is 9.59 Å². The van der Waals surface area contributed by atoms with Crippen LogP contribution in [0.25, 0.3) is 0 Å². The third-order valence-corrected chi connectivity index (χ3v) is 4.45. The van der Waals surface area contributed by atoms with E-state index in [1.807, 2.05) is 32.9 Å². The normalized spacial score (nSPS) is 21.3. The Kier molecular flexibility index (Phi) is 5.04. The van der Waals surface area contributed by atoms with Gasteiger partial charge in [0.05, 0.1) is 11.9 Å². The van der Waals surface area contributed by atoms with Crippen molar-refractivity contribution in [1.29, 1.82) is 0 Å². The molecule has 0 aromatic carbocycles. The molecule has 26 heavy (non-hydrogen) atoms. The highest BCUT2D eigenvalue weighted by Crippen LogP contribution is 2.23. The molecular formula is C18H27N5O3. The number of nitrogens with two attached hydrogens (primary N) is 1. The third-order valence-electron chi connectivity index (χ3n) is 4.45. The second kappa shape index (κ2) is 7.11. The minimum Gasteiger partial charge on any atom is -0.444 e. The zero-order valence-electron chi connectivity index (χ0n) is 15.6. The molecular weight excluding hydrogens is 334 g/mol. The molecule has 0 bridgehead atoms. The Morgan fingerprint density at radius 1 is 1.23 bits per heavy atom. The molecule has 1 aromatic heterocycles. The molecule has 2 N–H and O–H groups in total. The van der Waals surface area contributed by atoms with E-state index in [4.69, 9.17) is 10.5 Å². The van der Waals surface area contributed by atoms with Crippen molar-refractivity contribution in [2.24, 2.45) is 5.73 Å². The largest absolute Gasteiger partial charge is 0.444 e. The molecule has 0 aliphatic carbocycles. The Bertz CT molecular complexity index is 662. The van der Waals surface area contributed by atoms with Gasteiger partial charge in [-0.1, -0.05) is 0 Å². The topological polar surface area (TPSA) is 92.0 Å². The Morgan fingerprint density at radius 3 is 2.42 bits per heavy atom. The zero-order valence-corrected chi connectivity index (χ0v) is 15.6. The van der Waals surface area contributed by atoms with E-state index in [1.165, 1.54) is 0 Å². The van der Waals surface area contributed by atoms with Gasteiger partial charge < -0.3 is 25.2 Å². The van der Waals surface area contributed by atoms with Crippen LogP contribution in [0.3, 0.4) is 0 Å². The van der Waals surface area contributed by atoms with Crippen LogP contribution in [0.2, 0.25) is 0 Å². The van der Waals surface area contributed by atoms with Gasteiger partial charge in [-0.15, -0.1) is 0 Å². The summed E-state index contributed by atoms with van der Waals surface area (Å²) in [6.07, 6.45) is 1.82. The lowest BCUT2D eigenvalue weighted by molar-refractivity contribution is -0.117. The lowest BCUT2D eigenvalue weighted by atomic mass is 10.2. The van der Waals surface area contributed by atoms with Gasteiger partial charge in [0.2, 0.25) is 5.91 Å². The lowest BCUT2D eigenvalue weighted by Gasteiger charge is -2.36. The maximum Gasteiger partial charge on any atom is 0.410 e. The summed E-state index contributed by atoms with van der Waals surface area (Å²) in [5, 5.41) is 0. The summed E-state index contributed by atoms with van der Waals surface area (Å²) in [5.74, 6) is 0.881. The van der Waals surface area contributed by atoms with Crippen molar-refractivity contribution >= 4 is 23.5 Å². The number of hydrogen-bond acceptors (Lipinski definition) is 6. The summed E-state index contributed by atoms with van der Waals surface area (Å²) < 4.78 is 5.41. The van der Waals surface area contributed by atoms with Gasteiger partial charge in [-0.3, -0.25) is 4.79 Å². The van der Waals surface area contributed by atoms with Gasteiger partial charge in [0.15, 0.2) is 0 Å². The van der Waals surface area contributed by atoms with E-state index in [1.54, 1.807) is 16.0 Å². The van der Waals surface area contributed by atoms with Gasteiger partial charge in [0, 0.05) is 45.2 Å². The molecule has 3 heterocycles. The van der Waals surface area contributed by atoms with Crippen LogP contribution < -0.4 is 15.5 Å². The van der Waals surface area contributed by atoms with Crippen LogP contribution in [0.15, 0.2) is 18.3 Å². The summed E-state index contributed by atoms with van der Waals surface area (Å²) in [7, 11) is 0. The number of carbonyl (C=O) groups is 2. The Hall–Kier alpha value is -2.35. The molecule has 2 aliphatic rings. The fourth-order valence-corrected chi connectivity index (χ4v) is 3.15. The van der Waals surface area contributed by atoms with E-state index >= 15 is 0 Å². The van der Waals surface area contributed by atoms with Crippen LogP contribution in [0.4, 0.5) is 16.3 Å². The predicted octanol–water partition coefficient (Wildman–Crippen LogP) is 1.20. The first-order valence-corrected chi connectivity index (χ1v) is 8.98. The smallest absolute Gasteiger partial charge is 0.410 e. The number of aromatic nitrogens is 1. The monoisotopic (exact) mass is 361 g/mol. The molecule has 8 nitrogen and oxygen atoms in total. The zero-order chi connectivity index (χ0) is 18.9. The first kappa shape index (κ1) is 18.4. The predicted molar refractivity (Wildman–Crippen MR) is 99.2 cm³/mol. The van der Waals surface area contributed by atoms with Crippen molar-refractivity contribution < 1.29 is 14.3 Å². The van der Waals surface area contributed by atoms with E-state index in [0.717, 1.165) is 11.5 Å². The first-order valence-electron chi connectivity index (χ1n) is 8.98. The standard InChI is InChI=1S/C18H27N5O3/c1-18(2,3)26-17(25)22-8-6-21(7-9-22)15-5-4-14(11-20-15)23-12-13(19)10-16(23)24/h4-5,11,13H,6-10,12,19H2,1-3H3. The molecule has 1 atom stereocenters. The van der Waals surface area contributed by atoms with Crippen LogP contribution in [0.5, 0.6) is 0 Å². The molecule has 8 heteroatoms. The molecule has 0 spiro atoms. The van der Waals surface area contributed by atoms with Gasteiger partial charge in [-0.05, 0) is 32.9 Å². The van der Waals surface area contributed by atoms with Crippen molar-refractivity contribution in [3.05, 3.63) is 18.3 Å². The van der Waals surface area contributed by atoms with Gasteiger partial charge in [-0.2, -0.15) is 0 Å². The Balaban J connectivity index is 1.57. The van der Waals surface area contributed by atoms with Crippen molar-refractivity contribution in [2.75, 3.05) is 42.5 Å². The minimum atomic E-state index is -0.485. The number of rotatable bonds is 2. The lowest BCUT2D eigenvalue weighted by Crippen LogP contribution is -2.50. The summed E-state index contributed by atoms with van der Waals surface area (Å²) in [6, 6.07) is 3.71. The summed E-state index contributed by atoms with van der Waals surface area (Å²) in [4.78, 5) is 34.1. The Labute approximate surface area is 153 Å². The van der Waals surface area contributed by atoms with Gasteiger partial charge in [0.1, 0.15) is 11.4 Å². The van der Waals surface area contributed by atoms with Crippen molar-refractivity contribution in [2.45, 2.75) is 38.8 Å². The third kappa shape index (κ3) is 4.24. The second-order valence-electron chi connectivity index (χ2n) is 7.80. The fourth-order valence-electron chi connectivity index (χ4n) is 3.15.